The molecule has 0 spiro atoms. The quantitative estimate of drug-likeness (QED) is 0.260. The van der Waals surface area contributed by atoms with Crippen molar-refractivity contribution < 1.29 is 33.7 Å². The number of carbonyl (C=O) groups is 3. The van der Waals surface area contributed by atoms with E-state index in [1.807, 2.05) is 44.2 Å². The summed E-state index contributed by atoms with van der Waals surface area (Å²) in [7, 11) is 3.35. The highest BCUT2D eigenvalue weighted by Crippen LogP contribution is 2.29. The molecule has 1 aliphatic heterocycles. The number of benzene rings is 3. The molecular formula is C38H50N4O7. The van der Waals surface area contributed by atoms with Gasteiger partial charge in [0.1, 0.15) is 11.5 Å². The molecular weight excluding hydrogens is 624 g/mol. The van der Waals surface area contributed by atoms with Crippen LogP contribution in [0.2, 0.25) is 0 Å². The number of methoxy groups -OCH3 is 1. The van der Waals surface area contributed by atoms with Gasteiger partial charge < -0.3 is 39.8 Å². The average Bonchev–Trinajstić information content (AvgIpc) is 3.10. The van der Waals surface area contributed by atoms with Crippen molar-refractivity contribution in [1.29, 1.82) is 0 Å². The normalized spacial score (nSPS) is 19.4. The van der Waals surface area contributed by atoms with Gasteiger partial charge in [0.25, 0.3) is 5.91 Å². The monoisotopic (exact) mass is 674 g/mol. The number of urea groups is 1. The lowest BCUT2D eigenvalue weighted by molar-refractivity contribution is -0.131. The summed E-state index contributed by atoms with van der Waals surface area (Å²) < 4.78 is 17.9. The summed E-state index contributed by atoms with van der Waals surface area (Å²) in [6.07, 6.45) is 2.16. The summed E-state index contributed by atoms with van der Waals surface area (Å²) in [5.74, 6) is 0.515. The first kappa shape index (κ1) is 37.2. The maximum absolute atomic E-state index is 14.4. The lowest BCUT2D eigenvalue weighted by atomic mass is 10.0. The highest BCUT2D eigenvalue weighted by molar-refractivity contribution is 6.02. The molecule has 0 aromatic heterocycles. The number of nitrogens with one attached hydrogen (secondary N) is 2. The number of fused-ring (bicyclic) bond motifs is 1. The second-order valence-electron chi connectivity index (χ2n) is 12.8. The Morgan fingerprint density at radius 2 is 1.71 bits per heavy atom. The molecule has 0 unspecified atom stereocenters. The zero-order chi connectivity index (χ0) is 35.3. The fraction of sp³-hybridized carbons (Fsp3) is 0.447. The van der Waals surface area contributed by atoms with Crippen molar-refractivity contribution in [3.05, 3.63) is 83.9 Å². The minimum atomic E-state index is -0.527. The molecule has 0 saturated carbocycles. The summed E-state index contributed by atoms with van der Waals surface area (Å²) in [4.78, 5) is 43.7. The van der Waals surface area contributed by atoms with E-state index in [1.165, 1.54) is 0 Å². The van der Waals surface area contributed by atoms with Gasteiger partial charge in [-0.25, -0.2) is 4.79 Å². The molecule has 264 valence electrons. The van der Waals surface area contributed by atoms with Crippen LogP contribution in [-0.4, -0.2) is 91.5 Å². The van der Waals surface area contributed by atoms with Crippen molar-refractivity contribution in [2.45, 2.75) is 64.7 Å². The maximum Gasteiger partial charge on any atom is 0.323 e. The van der Waals surface area contributed by atoms with E-state index in [2.05, 4.69) is 10.6 Å². The molecule has 1 heterocycles. The van der Waals surface area contributed by atoms with Crippen molar-refractivity contribution in [3.8, 4) is 11.5 Å². The number of amides is 4. The number of rotatable bonds is 9. The molecule has 0 fully saturated rings. The van der Waals surface area contributed by atoms with Crippen LogP contribution in [0.15, 0.2) is 72.8 Å². The summed E-state index contributed by atoms with van der Waals surface area (Å²) in [5, 5.41) is 15.8. The molecule has 1 aliphatic rings. The molecule has 0 radical (unpaired) electrons. The Hall–Kier alpha value is -4.61. The van der Waals surface area contributed by atoms with Crippen LogP contribution in [0, 0.1) is 5.92 Å². The van der Waals surface area contributed by atoms with Crippen molar-refractivity contribution in [3.63, 3.8) is 0 Å². The van der Waals surface area contributed by atoms with Crippen LogP contribution < -0.4 is 20.1 Å². The minimum absolute atomic E-state index is 0.0194. The van der Waals surface area contributed by atoms with E-state index in [0.29, 0.717) is 36.0 Å². The van der Waals surface area contributed by atoms with E-state index in [4.69, 9.17) is 14.2 Å². The molecule has 3 N–H and O–H groups in total. The summed E-state index contributed by atoms with van der Waals surface area (Å²) in [6, 6.07) is 20.6. The Bertz CT molecular complexity index is 1520. The number of likely N-dealkylation sites (N-methyl/N-ethyl adjacent to an activating group) is 1. The molecule has 3 aromatic rings. The van der Waals surface area contributed by atoms with Gasteiger partial charge >= 0.3 is 6.03 Å². The van der Waals surface area contributed by atoms with Gasteiger partial charge in [0.05, 0.1) is 44.0 Å². The van der Waals surface area contributed by atoms with Gasteiger partial charge in [-0.1, -0.05) is 37.3 Å². The van der Waals surface area contributed by atoms with E-state index < -0.39 is 12.1 Å². The SMILES string of the molecule is COc1ccc(NC(=O)Nc2ccc3c(c2)C(=O)N([C@H](C)CO)C[C@@H](C)[C@@H](CN(C)C(=O)Cc2ccccc2)OCCCC[C@H](C)O3)cc1. The largest absolute Gasteiger partial charge is 0.497 e. The minimum Gasteiger partial charge on any atom is -0.497 e. The van der Waals surface area contributed by atoms with Gasteiger partial charge in [0.2, 0.25) is 5.91 Å². The topological polar surface area (TPSA) is 130 Å². The van der Waals surface area contributed by atoms with Crippen molar-refractivity contribution in [2.75, 3.05) is 51.1 Å². The lowest BCUT2D eigenvalue weighted by Gasteiger charge is -2.36. The lowest BCUT2D eigenvalue weighted by Crippen LogP contribution is -2.48. The molecule has 49 heavy (non-hydrogen) atoms. The number of anilines is 2. The molecule has 3 aromatic carbocycles. The Morgan fingerprint density at radius 3 is 2.41 bits per heavy atom. The van der Waals surface area contributed by atoms with Crippen LogP contribution in [0.3, 0.4) is 0 Å². The van der Waals surface area contributed by atoms with Gasteiger partial charge in [0.15, 0.2) is 0 Å². The highest BCUT2D eigenvalue weighted by Gasteiger charge is 2.31. The first-order valence-electron chi connectivity index (χ1n) is 16.9. The van der Waals surface area contributed by atoms with Crippen LogP contribution in [-0.2, 0) is 16.0 Å². The molecule has 0 saturated heterocycles. The summed E-state index contributed by atoms with van der Waals surface area (Å²) >= 11 is 0. The van der Waals surface area contributed by atoms with Crippen LogP contribution in [0.25, 0.3) is 0 Å². The van der Waals surface area contributed by atoms with Gasteiger partial charge in [-0.15, -0.1) is 0 Å². The van der Waals surface area contributed by atoms with E-state index >= 15 is 0 Å². The Balaban J connectivity index is 1.57. The van der Waals surface area contributed by atoms with Gasteiger partial charge in [0, 0.05) is 44.0 Å². The Kier molecular flexibility index (Phi) is 13.8. The summed E-state index contributed by atoms with van der Waals surface area (Å²) in [5.41, 5.74) is 2.19. The first-order chi connectivity index (χ1) is 23.6. The van der Waals surface area contributed by atoms with Crippen molar-refractivity contribution in [2.24, 2.45) is 5.92 Å². The van der Waals surface area contributed by atoms with Crippen LogP contribution in [0.4, 0.5) is 16.2 Å². The van der Waals surface area contributed by atoms with E-state index in [9.17, 15) is 19.5 Å². The number of aliphatic hydroxyl groups is 1. The smallest absolute Gasteiger partial charge is 0.323 e. The molecule has 4 atom stereocenters. The molecule has 4 amide bonds. The van der Waals surface area contributed by atoms with Gasteiger partial charge in [-0.05, 0) is 81.1 Å². The van der Waals surface area contributed by atoms with E-state index in [1.54, 1.807) is 73.3 Å². The second-order valence-corrected chi connectivity index (χ2v) is 12.8. The predicted molar refractivity (Wildman–Crippen MR) is 190 cm³/mol. The molecule has 11 nitrogen and oxygen atoms in total. The number of aliphatic hydroxyl groups excluding tert-OH is 1. The Labute approximate surface area is 289 Å². The third-order valence-electron chi connectivity index (χ3n) is 8.74. The number of nitrogens with zero attached hydrogens (tertiary/aromatic N) is 2. The number of hydrogen-bond acceptors (Lipinski definition) is 7. The fourth-order valence-electron chi connectivity index (χ4n) is 5.71. The van der Waals surface area contributed by atoms with E-state index in [-0.39, 0.29) is 55.1 Å². The predicted octanol–water partition coefficient (Wildman–Crippen LogP) is 5.84. The van der Waals surface area contributed by atoms with Crippen LogP contribution >= 0.6 is 0 Å². The number of carbonyl (C=O) groups excluding carboxylic acids is 3. The van der Waals surface area contributed by atoms with Gasteiger partial charge in [-0.3, -0.25) is 9.59 Å². The molecule has 0 aliphatic carbocycles. The van der Waals surface area contributed by atoms with E-state index in [0.717, 1.165) is 24.8 Å². The van der Waals surface area contributed by atoms with Gasteiger partial charge in [-0.2, -0.15) is 0 Å². The first-order valence-corrected chi connectivity index (χ1v) is 16.9. The van der Waals surface area contributed by atoms with Crippen molar-refractivity contribution in [1.82, 2.24) is 9.80 Å². The zero-order valence-corrected chi connectivity index (χ0v) is 29.2. The standard InChI is InChI=1S/C38H50N4O7/c1-26-23-42(27(2)25-43)37(45)33-22-31(40-38(46)39-30-14-17-32(47-5)18-15-30)16-19-34(33)49-28(3)11-9-10-20-48-35(26)24-41(4)36(44)21-29-12-7-6-8-13-29/h6-8,12-19,22,26-28,35,43H,9-11,20-21,23-25H2,1-5H3,(H2,39,40,46)/t26-,27-,28+,35-/m1/s1. The number of ether oxygens (including phenoxy) is 3. The number of hydrogen-bond donors (Lipinski definition) is 3. The average molecular weight is 675 g/mol. The third kappa shape index (κ3) is 11.0. The zero-order valence-electron chi connectivity index (χ0n) is 29.2. The second kappa shape index (κ2) is 18.2. The molecule has 4 rings (SSSR count). The van der Waals surface area contributed by atoms with Crippen LogP contribution in [0.1, 0.15) is 56.0 Å². The Morgan fingerprint density at radius 1 is 1.02 bits per heavy atom. The third-order valence-corrected chi connectivity index (χ3v) is 8.74. The summed E-state index contributed by atoms with van der Waals surface area (Å²) in [6.45, 7) is 6.61. The fourth-order valence-corrected chi connectivity index (χ4v) is 5.71. The molecule has 11 heteroatoms. The van der Waals surface area contributed by atoms with Crippen LogP contribution in [0.5, 0.6) is 11.5 Å². The maximum atomic E-state index is 14.4. The van der Waals surface area contributed by atoms with Crippen molar-refractivity contribution >= 4 is 29.2 Å². The highest BCUT2D eigenvalue weighted by atomic mass is 16.5. The molecule has 0 bridgehead atoms.